The largest absolute Gasteiger partial charge is 0.369 e. The number of anilines is 1. The number of halogens is 1. The molecule has 1 aliphatic heterocycles. The van der Waals surface area contributed by atoms with Crippen molar-refractivity contribution in [1.29, 1.82) is 5.26 Å². The van der Waals surface area contributed by atoms with Crippen LogP contribution in [0.25, 0.3) is 0 Å². The summed E-state index contributed by atoms with van der Waals surface area (Å²) >= 11 is 0. The summed E-state index contributed by atoms with van der Waals surface area (Å²) < 4.78 is 38.5. The standard InChI is InChI=1S/C22H24FN3O3S/c1-2-30(28,29)18-8-5-16(6-9-18)20(11-12-24)25-22(27)17-7-10-21(19(23)15-17)26-13-3-4-14-26/h5-10,15,20H,2-4,11,13-14H2,1H3,(H,25,27)/t20-/m0/s1. The highest BCUT2D eigenvalue weighted by molar-refractivity contribution is 7.91. The molecule has 1 saturated heterocycles. The molecule has 6 nitrogen and oxygen atoms in total. The first-order valence-corrected chi connectivity index (χ1v) is 11.6. The molecule has 0 radical (unpaired) electrons. The van der Waals surface area contributed by atoms with Gasteiger partial charge in [0.25, 0.3) is 5.91 Å². The molecule has 2 aromatic rings. The zero-order valence-electron chi connectivity index (χ0n) is 16.8. The van der Waals surface area contributed by atoms with E-state index in [1.807, 2.05) is 11.0 Å². The number of sulfone groups is 1. The fourth-order valence-electron chi connectivity index (χ4n) is 3.52. The molecule has 0 spiro atoms. The predicted molar refractivity (Wildman–Crippen MR) is 112 cm³/mol. The molecule has 2 aromatic carbocycles. The molecular weight excluding hydrogens is 405 g/mol. The van der Waals surface area contributed by atoms with Crippen LogP contribution < -0.4 is 10.2 Å². The summed E-state index contributed by atoms with van der Waals surface area (Å²) in [6.45, 7) is 3.17. The van der Waals surface area contributed by atoms with Crippen LogP contribution in [-0.4, -0.2) is 33.2 Å². The molecule has 1 heterocycles. The Morgan fingerprint density at radius 2 is 1.87 bits per heavy atom. The minimum Gasteiger partial charge on any atom is -0.369 e. The van der Waals surface area contributed by atoms with E-state index >= 15 is 0 Å². The molecule has 0 unspecified atom stereocenters. The van der Waals surface area contributed by atoms with E-state index < -0.39 is 27.6 Å². The van der Waals surface area contributed by atoms with Crippen molar-refractivity contribution in [3.05, 3.63) is 59.4 Å². The Morgan fingerprint density at radius 1 is 1.20 bits per heavy atom. The van der Waals surface area contributed by atoms with E-state index in [-0.39, 0.29) is 22.6 Å². The molecule has 3 rings (SSSR count). The van der Waals surface area contributed by atoms with Crippen LogP contribution in [-0.2, 0) is 9.84 Å². The zero-order chi connectivity index (χ0) is 21.7. The molecule has 1 atom stereocenters. The van der Waals surface area contributed by atoms with E-state index in [0.717, 1.165) is 25.9 Å². The quantitative estimate of drug-likeness (QED) is 0.726. The third-order valence-corrected chi connectivity index (χ3v) is 7.03. The topological polar surface area (TPSA) is 90.3 Å². The maximum absolute atomic E-state index is 14.5. The van der Waals surface area contributed by atoms with Crippen molar-refractivity contribution in [3.63, 3.8) is 0 Å². The van der Waals surface area contributed by atoms with Crippen LogP contribution in [0, 0.1) is 17.1 Å². The second-order valence-corrected chi connectivity index (χ2v) is 9.50. The highest BCUT2D eigenvalue weighted by atomic mass is 32.2. The number of nitriles is 1. The van der Waals surface area contributed by atoms with Gasteiger partial charge in [-0.1, -0.05) is 19.1 Å². The zero-order valence-corrected chi connectivity index (χ0v) is 17.6. The number of hydrogen-bond donors (Lipinski definition) is 1. The maximum atomic E-state index is 14.5. The number of nitrogens with zero attached hydrogens (tertiary/aromatic N) is 2. The second kappa shape index (κ2) is 9.26. The Kier molecular flexibility index (Phi) is 6.73. The monoisotopic (exact) mass is 429 g/mol. The van der Waals surface area contributed by atoms with Gasteiger partial charge in [0.1, 0.15) is 5.82 Å². The van der Waals surface area contributed by atoms with Crippen molar-refractivity contribution in [2.75, 3.05) is 23.7 Å². The van der Waals surface area contributed by atoms with Gasteiger partial charge in [-0.2, -0.15) is 5.26 Å². The molecule has 0 saturated carbocycles. The Bertz CT molecular complexity index is 1060. The van der Waals surface area contributed by atoms with E-state index in [1.54, 1.807) is 31.2 Å². The summed E-state index contributed by atoms with van der Waals surface area (Å²) in [5, 5.41) is 11.9. The number of rotatable bonds is 7. The van der Waals surface area contributed by atoms with E-state index in [9.17, 15) is 17.6 Å². The Balaban J connectivity index is 1.77. The van der Waals surface area contributed by atoms with Gasteiger partial charge in [0, 0.05) is 18.7 Å². The van der Waals surface area contributed by atoms with Crippen molar-refractivity contribution in [2.45, 2.75) is 37.1 Å². The van der Waals surface area contributed by atoms with Gasteiger partial charge < -0.3 is 10.2 Å². The van der Waals surface area contributed by atoms with Crippen LogP contribution in [0.4, 0.5) is 10.1 Å². The highest BCUT2D eigenvalue weighted by Crippen LogP contribution is 2.25. The molecule has 1 N–H and O–H groups in total. The summed E-state index contributed by atoms with van der Waals surface area (Å²) in [5.74, 6) is -0.952. The number of amides is 1. The van der Waals surface area contributed by atoms with Gasteiger partial charge in [-0.3, -0.25) is 4.79 Å². The van der Waals surface area contributed by atoms with Crippen molar-refractivity contribution in [3.8, 4) is 6.07 Å². The average Bonchev–Trinajstić information content (AvgIpc) is 3.28. The van der Waals surface area contributed by atoms with Crippen LogP contribution in [0.3, 0.4) is 0 Å². The van der Waals surface area contributed by atoms with Crippen molar-refractivity contribution >= 4 is 21.4 Å². The van der Waals surface area contributed by atoms with E-state index in [0.29, 0.717) is 11.3 Å². The first kappa shape index (κ1) is 21.8. The minimum atomic E-state index is -3.33. The molecule has 30 heavy (non-hydrogen) atoms. The summed E-state index contributed by atoms with van der Waals surface area (Å²) in [4.78, 5) is 14.8. The summed E-state index contributed by atoms with van der Waals surface area (Å²) in [6, 6.07) is 11.9. The first-order chi connectivity index (χ1) is 14.4. The van der Waals surface area contributed by atoms with E-state index in [4.69, 9.17) is 5.26 Å². The van der Waals surface area contributed by atoms with Gasteiger partial charge in [-0.05, 0) is 48.7 Å². The molecule has 1 amide bonds. The third kappa shape index (κ3) is 4.79. The van der Waals surface area contributed by atoms with Gasteiger partial charge in [0.15, 0.2) is 9.84 Å². The number of hydrogen-bond acceptors (Lipinski definition) is 5. The number of carbonyl (C=O) groups is 1. The fourth-order valence-corrected chi connectivity index (χ4v) is 4.41. The van der Waals surface area contributed by atoms with Gasteiger partial charge in [0.2, 0.25) is 0 Å². The Hall–Kier alpha value is -2.92. The predicted octanol–water partition coefficient (Wildman–Crippen LogP) is 3.60. The number of nitrogens with one attached hydrogen (secondary N) is 1. The molecule has 0 aliphatic carbocycles. The van der Waals surface area contributed by atoms with E-state index in [1.165, 1.54) is 18.2 Å². The summed E-state index contributed by atoms with van der Waals surface area (Å²) in [5.41, 5.74) is 1.27. The third-order valence-electron chi connectivity index (χ3n) is 5.28. The number of carbonyl (C=O) groups excluding carboxylic acids is 1. The van der Waals surface area contributed by atoms with Gasteiger partial charge >= 0.3 is 0 Å². The van der Waals surface area contributed by atoms with Crippen LogP contribution in [0.5, 0.6) is 0 Å². The minimum absolute atomic E-state index is 0.0000417. The summed E-state index contributed by atoms with van der Waals surface area (Å²) in [7, 11) is -3.33. The maximum Gasteiger partial charge on any atom is 0.251 e. The lowest BCUT2D eigenvalue weighted by molar-refractivity contribution is 0.0937. The summed E-state index contributed by atoms with van der Waals surface area (Å²) in [6.07, 6.45) is 2.05. The van der Waals surface area contributed by atoms with Crippen molar-refractivity contribution in [1.82, 2.24) is 5.32 Å². The molecular formula is C22H24FN3O3S. The normalized spacial score (nSPS) is 14.9. The SMILES string of the molecule is CCS(=O)(=O)c1ccc([C@H](CC#N)NC(=O)c2ccc(N3CCCC3)c(F)c2)cc1. The molecule has 0 aromatic heterocycles. The van der Waals surface area contributed by atoms with Gasteiger partial charge in [0.05, 0.1) is 34.9 Å². The highest BCUT2D eigenvalue weighted by Gasteiger charge is 2.20. The van der Waals surface area contributed by atoms with Crippen LogP contribution in [0.15, 0.2) is 47.4 Å². The molecule has 8 heteroatoms. The lowest BCUT2D eigenvalue weighted by Crippen LogP contribution is -2.28. The molecule has 0 bridgehead atoms. The Morgan fingerprint density at radius 3 is 2.43 bits per heavy atom. The lowest BCUT2D eigenvalue weighted by atomic mass is 10.0. The van der Waals surface area contributed by atoms with Crippen LogP contribution >= 0.6 is 0 Å². The van der Waals surface area contributed by atoms with E-state index in [2.05, 4.69) is 5.32 Å². The van der Waals surface area contributed by atoms with Crippen LogP contribution in [0.1, 0.15) is 48.1 Å². The van der Waals surface area contributed by atoms with Gasteiger partial charge in [-0.15, -0.1) is 0 Å². The molecule has 1 aliphatic rings. The molecule has 158 valence electrons. The molecule has 1 fully saturated rings. The van der Waals surface area contributed by atoms with Crippen molar-refractivity contribution in [2.24, 2.45) is 0 Å². The van der Waals surface area contributed by atoms with Crippen LogP contribution in [0.2, 0.25) is 0 Å². The number of benzene rings is 2. The van der Waals surface area contributed by atoms with Gasteiger partial charge in [-0.25, -0.2) is 12.8 Å². The average molecular weight is 430 g/mol. The lowest BCUT2D eigenvalue weighted by Gasteiger charge is -2.20. The fraction of sp³-hybridized carbons (Fsp3) is 0.364. The second-order valence-electron chi connectivity index (χ2n) is 7.22. The van der Waals surface area contributed by atoms with Crippen molar-refractivity contribution < 1.29 is 17.6 Å². The Labute approximate surface area is 176 Å². The smallest absolute Gasteiger partial charge is 0.251 e. The first-order valence-electron chi connectivity index (χ1n) is 9.90.